The highest BCUT2D eigenvalue weighted by molar-refractivity contribution is 14.0. The van der Waals surface area contributed by atoms with Gasteiger partial charge in [0, 0.05) is 24.7 Å². The summed E-state index contributed by atoms with van der Waals surface area (Å²) in [5.41, 5.74) is 0.850. The van der Waals surface area contributed by atoms with E-state index in [1.165, 1.54) is 6.07 Å². The van der Waals surface area contributed by atoms with E-state index >= 15 is 0 Å². The minimum Gasteiger partial charge on any atom is -0.357 e. The maximum absolute atomic E-state index is 13.6. The van der Waals surface area contributed by atoms with E-state index in [1.807, 2.05) is 6.92 Å². The van der Waals surface area contributed by atoms with Crippen LogP contribution in [0.5, 0.6) is 0 Å². The Hall–Kier alpha value is -1.42. The number of benzene rings is 1. The Balaban J connectivity index is 0.00000841. The van der Waals surface area contributed by atoms with Gasteiger partial charge in [0.2, 0.25) is 0 Å². The van der Waals surface area contributed by atoms with Crippen molar-refractivity contribution in [2.75, 3.05) is 39.3 Å². The van der Waals surface area contributed by atoms with Crippen molar-refractivity contribution in [3.05, 3.63) is 35.1 Å². The van der Waals surface area contributed by atoms with E-state index in [9.17, 15) is 9.18 Å². The van der Waals surface area contributed by atoms with Gasteiger partial charge in [-0.3, -0.25) is 9.79 Å². The highest BCUT2D eigenvalue weighted by atomic mass is 127. The molecule has 6 nitrogen and oxygen atoms in total. The molecule has 0 saturated carbocycles. The van der Waals surface area contributed by atoms with Gasteiger partial charge in [-0.2, -0.15) is 0 Å². The molecule has 0 spiro atoms. The number of halogens is 2. The zero-order valence-electron chi connectivity index (χ0n) is 19.1. The van der Waals surface area contributed by atoms with E-state index in [1.54, 1.807) is 19.1 Å². The van der Waals surface area contributed by atoms with E-state index < -0.39 is 0 Å². The molecule has 1 aromatic carbocycles. The Labute approximate surface area is 198 Å². The molecule has 1 rings (SSSR count). The molecule has 172 valence electrons. The number of nitrogens with one attached hydrogen (secondary N) is 3. The maximum Gasteiger partial charge on any atom is 0.251 e. The fourth-order valence-corrected chi connectivity index (χ4v) is 2.96. The lowest BCUT2D eigenvalue weighted by molar-refractivity contribution is 0.0954. The van der Waals surface area contributed by atoms with Crippen molar-refractivity contribution in [3.63, 3.8) is 0 Å². The van der Waals surface area contributed by atoms with Crippen LogP contribution in [0, 0.1) is 12.7 Å². The third kappa shape index (κ3) is 11.1. The topological polar surface area (TPSA) is 68.8 Å². The molecule has 0 aliphatic rings. The number of amides is 1. The Morgan fingerprint density at radius 3 is 2.50 bits per heavy atom. The van der Waals surface area contributed by atoms with Gasteiger partial charge in [-0.15, -0.1) is 24.0 Å². The molecule has 0 bridgehead atoms. The highest BCUT2D eigenvalue weighted by Crippen LogP contribution is 2.08. The number of nitrogens with zero attached hydrogens (tertiary/aromatic N) is 2. The van der Waals surface area contributed by atoms with Crippen molar-refractivity contribution in [1.82, 2.24) is 20.9 Å². The Kier molecular flexibility index (Phi) is 15.5. The van der Waals surface area contributed by atoms with Crippen molar-refractivity contribution in [2.24, 2.45) is 4.99 Å². The summed E-state index contributed by atoms with van der Waals surface area (Å²) in [4.78, 5) is 19.1. The molecule has 0 saturated heterocycles. The molecular weight excluding hydrogens is 496 g/mol. The van der Waals surface area contributed by atoms with Crippen LogP contribution >= 0.6 is 24.0 Å². The lowest BCUT2D eigenvalue weighted by atomic mass is 10.1. The van der Waals surface area contributed by atoms with Gasteiger partial charge in [0.05, 0.1) is 6.54 Å². The first-order chi connectivity index (χ1) is 13.9. The summed E-state index contributed by atoms with van der Waals surface area (Å²) in [5, 5.41) is 9.44. The molecule has 1 unspecified atom stereocenters. The van der Waals surface area contributed by atoms with Gasteiger partial charge in [-0.1, -0.05) is 19.9 Å². The van der Waals surface area contributed by atoms with Crippen LogP contribution in [0.1, 0.15) is 56.5 Å². The molecule has 0 heterocycles. The van der Waals surface area contributed by atoms with E-state index in [0.29, 0.717) is 30.3 Å². The van der Waals surface area contributed by atoms with E-state index in [4.69, 9.17) is 0 Å². The Morgan fingerprint density at radius 2 is 1.90 bits per heavy atom. The van der Waals surface area contributed by atoms with E-state index in [0.717, 1.165) is 45.0 Å². The fourth-order valence-electron chi connectivity index (χ4n) is 2.96. The predicted octanol–water partition coefficient (Wildman–Crippen LogP) is 3.55. The van der Waals surface area contributed by atoms with Crippen LogP contribution in [0.3, 0.4) is 0 Å². The smallest absolute Gasteiger partial charge is 0.251 e. The first kappa shape index (κ1) is 28.6. The summed E-state index contributed by atoms with van der Waals surface area (Å²) in [6.07, 6.45) is 2.20. The van der Waals surface area contributed by atoms with Gasteiger partial charge in [0.1, 0.15) is 5.82 Å². The molecule has 0 fully saturated rings. The molecule has 1 amide bonds. The number of aryl methyl sites for hydroxylation is 1. The summed E-state index contributed by atoms with van der Waals surface area (Å²) in [7, 11) is 0. The van der Waals surface area contributed by atoms with Gasteiger partial charge < -0.3 is 20.9 Å². The normalized spacial score (nSPS) is 12.3. The molecule has 3 N–H and O–H groups in total. The van der Waals surface area contributed by atoms with Crippen molar-refractivity contribution >= 4 is 35.8 Å². The third-order valence-corrected chi connectivity index (χ3v) is 4.83. The number of carbonyl (C=O) groups excluding carboxylic acids is 1. The van der Waals surface area contributed by atoms with Crippen molar-refractivity contribution in [2.45, 2.75) is 53.5 Å². The zero-order chi connectivity index (χ0) is 21.6. The van der Waals surface area contributed by atoms with Gasteiger partial charge in [-0.05, 0) is 70.9 Å². The molecule has 8 heteroatoms. The first-order valence-electron chi connectivity index (χ1n) is 10.7. The number of rotatable bonds is 12. The van der Waals surface area contributed by atoms with E-state index in [-0.39, 0.29) is 35.7 Å². The zero-order valence-corrected chi connectivity index (χ0v) is 21.4. The van der Waals surface area contributed by atoms with Crippen LogP contribution in [-0.4, -0.2) is 62.1 Å². The van der Waals surface area contributed by atoms with Gasteiger partial charge >= 0.3 is 0 Å². The van der Waals surface area contributed by atoms with E-state index in [2.05, 4.69) is 46.6 Å². The molecule has 0 radical (unpaired) electrons. The van der Waals surface area contributed by atoms with Gasteiger partial charge in [0.25, 0.3) is 5.91 Å². The third-order valence-electron chi connectivity index (χ3n) is 4.83. The van der Waals surface area contributed by atoms with Crippen LogP contribution in [0.4, 0.5) is 4.39 Å². The summed E-state index contributed by atoms with van der Waals surface area (Å²) in [6, 6.07) is 4.81. The summed E-state index contributed by atoms with van der Waals surface area (Å²) in [5.74, 6) is 0.0876. The summed E-state index contributed by atoms with van der Waals surface area (Å²) < 4.78 is 13.6. The second kappa shape index (κ2) is 16.3. The molecular formula is C22H39FIN5O. The molecule has 1 aromatic rings. The van der Waals surface area contributed by atoms with Crippen LogP contribution in [0.15, 0.2) is 23.2 Å². The number of carbonyl (C=O) groups is 1. The maximum atomic E-state index is 13.6. The standard InChI is InChI=1S/C22H38FN5O.HI/c1-6-24-22(27-18(5)10-9-15-28(7-2)8-3)26-14-13-25-21(29)19-12-11-17(4)20(23)16-19;/h11-12,16,18H,6-10,13-15H2,1-5H3,(H,25,29)(H2,24,26,27);1H. The van der Waals surface area contributed by atoms with Crippen molar-refractivity contribution in [1.29, 1.82) is 0 Å². The minimum atomic E-state index is -0.371. The average Bonchev–Trinajstić information content (AvgIpc) is 2.70. The second-order valence-electron chi connectivity index (χ2n) is 7.20. The molecule has 0 aliphatic heterocycles. The largest absolute Gasteiger partial charge is 0.357 e. The molecule has 30 heavy (non-hydrogen) atoms. The SMILES string of the molecule is CCNC(=NCCNC(=O)c1ccc(C)c(F)c1)NC(C)CCCN(CC)CC.I. The first-order valence-corrected chi connectivity index (χ1v) is 10.7. The Bertz CT molecular complexity index is 652. The average molecular weight is 535 g/mol. The summed E-state index contributed by atoms with van der Waals surface area (Å²) in [6.45, 7) is 15.1. The lowest BCUT2D eigenvalue weighted by Gasteiger charge is -2.21. The minimum absolute atomic E-state index is 0. The monoisotopic (exact) mass is 535 g/mol. The van der Waals surface area contributed by atoms with Crippen LogP contribution < -0.4 is 16.0 Å². The highest BCUT2D eigenvalue weighted by Gasteiger charge is 2.08. The summed E-state index contributed by atoms with van der Waals surface area (Å²) >= 11 is 0. The van der Waals surface area contributed by atoms with Crippen LogP contribution in [-0.2, 0) is 0 Å². The number of hydrogen-bond donors (Lipinski definition) is 3. The Morgan fingerprint density at radius 1 is 1.20 bits per heavy atom. The van der Waals surface area contributed by atoms with Crippen LogP contribution in [0.25, 0.3) is 0 Å². The van der Waals surface area contributed by atoms with Gasteiger partial charge in [-0.25, -0.2) is 4.39 Å². The lowest BCUT2D eigenvalue weighted by Crippen LogP contribution is -2.43. The number of aliphatic imine (C=N–C) groups is 1. The van der Waals surface area contributed by atoms with Crippen molar-refractivity contribution in [3.8, 4) is 0 Å². The number of hydrogen-bond acceptors (Lipinski definition) is 3. The number of guanidine groups is 1. The quantitative estimate of drug-likeness (QED) is 0.166. The molecule has 1 atom stereocenters. The predicted molar refractivity (Wildman–Crippen MR) is 134 cm³/mol. The fraction of sp³-hybridized carbons (Fsp3) is 0.636. The van der Waals surface area contributed by atoms with Crippen molar-refractivity contribution < 1.29 is 9.18 Å². The van der Waals surface area contributed by atoms with Gasteiger partial charge in [0.15, 0.2) is 5.96 Å². The molecule has 0 aromatic heterocycles. The molecule has 0 aliphatic carbocycles. The van der Waals surface area contributed by atoms with Crippen LogP contribution in [0.2, 0.25) is 0 Å². The second-order valence-corrected chi connectivity index (χ2v) is 7.20.